The van der Waals surface area contributed by atoms with E-state index in [4.69, 9.17) is 4.43 Å². The molecule has 0 aromatic rings. The molecule has 0 aliphatic heterocycles. The van der Waals surface area contributed by atoms with E-state index in [-0.39, 0.29) is 6.10 Å². The summed E-state index contributed by atoms with van der Waals surface area (Å²) in [5, 5.41) is 0. The van der Waals surface area contributed by atoms with E-state index >= 15 is 0 Å². The van der Waals surface area contributed by atoms with Gasteiger partial charge in [-0.1, -0.05) is 0 Å². The molecule has 0 rings (SSSR count). The maximum absolute atomic E-state index is 10.4. The van der Waals surface area contributed by atoms with Crippen molar-refractivity contribution in [1.29, 1.82) is 0 Å². The molecule has 0 aromatic carbocycles. The van der Waals surface area contributed by atoms with Gasteiger partial charge in [0.15, 0.2) is 0 Å². The number of rotatable bonds is 3. The van der Waals surface area contributed by atoms with Gasteiger partial charge in [-0.3, -0.25) is 4.46 Å². The van der Waals surface area contributed by atoms with Gasteiger partial charge >= 0.3 is 9.17 Å². The smallest absolute Gasteiger partial charge is 0.499 e. The summed E-state index contributed by atoms with van der Waals surface area (Å²) in [7, 11) is -0.814. The van der Waals surface area contributed by atoms with Crippen LogP contribution >= 0.6 is 0 Å². The molecule has 0 bridgehead atoms. The molecule has 3 nitrogen and oxygen atoms in total. The third-order valence-corrected chi connectivity index (χ3v) is 1.50. The van der Waals surface area contributed by atoms with Gasteiger partial charge in [0.2, 0.25) is 0 Å². The van der Waals surface area contributed by atoms with Crippen LogP contribution in [0.1, 0.15) is 13.8 Å². The van der Waals surface area contributed by atoms with Gasteiger partial charge in [-0.25, -0.2) is 0 Å². The Bertz CT molecular complexity index is 81.4. The summed E-state index contributed by atoms with van der Waals surface area (Å²) in [5.41, 5.74) is 0. The SMILES string of the molecule is CO[Si](=O)OC(C)C. The largest absolute Gasteiger partial charge is 0.767 e. The van der Waals surface area contributed by atoms with Crippen LogP contribution in [0.4, 0.5) is 0 Å². The molecule has 0 heterocycles. The molecule has 0 aliphatic carbocycles. The van der Waals surface area contributed by atoms with Crippen LogP contribution in [0.5, 0.6) is 0 Å². The van der Waals surface area contributed by atoms with Gasteiger partial charge in [0.25, 0.3) is 0 Å². The molecule has 0 aromatic heterocycles. The van der Waals surface area contributed by atoms with Gasteiger partial charge in [-0.05, 0) is 13.8 Å². The first-order valence-electron chi connectivity index (χ1n) is 2.41. The van der Waals surface area contributed by atoms with Crippen molar-refractivity contribution in [2.45, 2.75) is 20.0 Å². The Morgan fingerprint density at radius 1 is 1.50 bits per heavy atom. The third-order valence-electron chi connectivity index (χ3n) is 0.499. The van der Waals surface area contributed by atoms with Crippen LogP contribution in [0.3, 0.4) is 0 Å². The fourth-order valence-corrected chi connectivity index (χ4v) is 0.722. The molecule has 8 heavy (non-hydrogen) atoms. The quantitative estimate of drug-likeness (QED) is 0.526. The summed E-state index contributed by atoms with van der Waals surface area (Å²) >= 11 is 0. The molecule has 0 radical (unpaired) electrons. The summed E-state index contributed by atoms with van der Waals surface area (Å²) in [6.07, 6.45) is -0.0126. The Kier molecular flexibility index (Phi) is 3.43. The molecule has 0 aliphatic rings. The highest BCUT2D eigenvalue weighted by molar-refractivity contribution is 6.26. The summed E-state index contributed by atoms with van der Waals surface area (Å²) in [6, 6.07) is 0. The summed E-state index contributed by atoms with van der Waals surface area (Å²) in [5.74, 6) is 0. The van der Waals surface area contributed by atoms with E-state index in [2.05, 4.69) is 4.43 Å². The zero-order valence-electron chi connectivity index (χ0n) is 5.30. The minimum absolute atomic E-state index is 0.0126. The molecular formula is C4H10O3Si. The van der Waals surface area contributed by atoms with Crippen molar-refractivity contribution < 1.29 is 13.3 Å². The standard InChI is InChI=1S/C4H10O3Si/c1-4(2)7-8(5)6-3/h4H,1-3H3. The Hall–Kier alpha value is -0.383. The fourth-order valence-electron chi connectivity index (χ4n) is 0.241. The molecule has 0 amide bonds. The maximum atomic E-state index is 10.4. The van der Waals surface area contributed by atoms with Crippen LogP contribution in [0.2, 0.25) is 0 Å². The maximum Gasteiger partial charge on any atom is 0.767 e. The van der Waals surface area contributed by atoms with Crippen molar-refractivity contribution >= 4 is 9.17 Å². The van der Waals surface area contributed by atoms with Crippen LogP contribution < -0.4 is 0 Å². The first-order chi connectivity index (χ1) is 3.66. The van der Waals surface area contributed by atoms with Crippen LogP contribution in [-0.4, -0.2) is 22.4 Å². The molecule has 0 saturated carbocycles. The van der Waals surface area contributed by atoms with Crippen LogP contribution in [0, 0.1) is 0 Å². The van der Waals surface area contributed by atoms with Gasteiger partial charge in [0.05, 0.1) is 13.2 Å². The second-order valence-corrected chi connectivity index (χ2v) is 2.76. The molecule has 0 unspecified atom stereocenters. The molecule has 0 N–H and O–H groups in total. The van der Waals surface area contributed by atoms with E-state index in [0.717, 1.165) is 0 Å². The molecule has 0 saturated heterocycles. The lowest BCUT2D eigenvalue weighted by atomic mass is 10.5. The van der Waals surface area contributed by atoms with Gasteiger partial charge < -0.3 is 8.85 Å². The first kappa shape index (κ1) is 7.62. The predicted octanol–water partition coefficient (Wildman–Crippen LogP) is 0.473. The number of hydrogen-bond acceptors (Lipinski definition) is 3. The summed E-state index contributed by atoms with van der Waals surface area (Å²) < 4.78 is 19.5. The molecule has 48 valence electrons. The lowest BCUT2D eigenvalue weighted by molar-refractivity contribution is 0.155. The van der Waals surface area contributed by atoms with Crippen molar-refractivity contribution in [3.05, 3.63) is 0 Å². The van der Waals surface area contributed by atoms with Gasteiger partial charge in [-0.2, -0.15) is 0 Å². The second-order valence-electron chi connectivity index (χ2n) is 1.62. The average molecular weight is 134 g/mol. The highest BCUT2D eigenvalue weighted by Gasteiger charge is 2.08. The highest BCUT2D eigenvalue weighted by Crippen LogP contribution is 1.85. The molecular weight excluding hydrogens is 124 g/mol. The van der Waals surface area contributed by atoms with Crippen molar-refractivity contribution in [1.82, 2.24) is 0 Å². The first-order valence-corrected chi connectivity index (χ1v) is 3.64. The second kappa shape index (κ2) is 3.60. The summed E-state index contributed by atoms with van der Waals surface area (Å²) in [6.45, 7) is 3.61. The Morgan fingerprint density at radius 3 is 2.12 bits per heavy atom. The van der Waals surface area contributed by atoms with Gasteiger partial charge in [0, 0.05) is 0 Å². The van der Waals surface area contributed by atoms with E-state index in [1.54, 1.807) is 0 Å². The monoisotopic (exact) mass is 134 g/mol. The molecule has 0 atom stereocenters. The molecule has 0 spiro atoms. The Morgan fingerprint density at radius 2 is 2.00 bits per heavy atom. The normalized spacial score (nSPS) is 9.00. The van der Waals surface area contributed by atoms with Crippen molar-refractivity contribution in [2.75, 3.05) is 7.11 Å². The van der Waals surface area contributed by atoms with E-state index in [1.165, 1.54) is 7.11 Å². The van der Waals surface area contributed by atoms with Crippen LogP contribution in [0.15, 0.2) is 0 Å². The predicted molar refractivity (Wildman–Crippen MR) is 29.7 cm³/mol. The molecule has 4 heteroatoms. The van der Waals surface area contributed by atoms with Crippen molar-refractivity contribution in [3.63, 3.8) is 0 Å². The van der Waals surface area contributed by atoms with E-state index < -0.39 is 9.17 Å². The third kappa shape index (κ3) is 3.79. The lowest BCUT2D eigenvalue weighted by Gasteiger charge is -2.03. The Balaban J connectivity index is 3.25. The Labute approximate surface area is 50.5 Å². The minimum Gasteiger partial charge on any atom is -0.499 e. The van der Waals surface area contributed by atoms with Gasteiger partial charge in [-0.15, -0.1) is 0 Å². The molecule has 0 fully saturated rings. The van der Waals surface area contributed by atoms with Crippen molar-refractivity contribution in [3.8, 4) is 0 Å². The fraction of sp³-hybridized carbons (Fsp3) is 1.00. The highest BCUT2D eigenvalue weighted by atomic mass is 28.3. The van der Waals surface area contributed by atoms with Crippen molar-refractivity contribution in [2.24, 2.45) is 0 Å². The van der Waals surface area contributed by atoms with Gasteiger partial charge in [0.1, 0.15) is 0 Å². The summed E-state index contributed by atoms with van der Waals surface area (Å²) in [4.78, 5) is 0. The van der Waals surface area contributed by atoms with E-state index in [9.17, 15) is 4.46 Å². The minimum atomic E-state index is -2.18. The lowest BCUT2D eigenvalue weighted by Crippen LogP contribution is -2.14. The number of hydrogen-bond donors (Lipinski definition) is 0. The zero-order chi connectivity index (χ0) is 6.57. The van der Waals surface area contributed by atoms with E-state index in [1.807, 2.05) is 13.8 Å². The average Bonchev–Trinajstić information content (AvgIpc) is 1.65. The van der Waals surface area contributed by atoms with E-state index in [0.29, 0.717) is 0 Å². The van der Waals surface area contributed by atoms with Crippen LogP contribution in [0.25, 0.3) is 0 Å². The zero-order valence-corrected chi connectivity index (χ0v) is 6.30. The van der Waals surface area contributed by atoms with Crippen LogP contribution in [-0.2, 0) is 13.3 Å². The topological polar surface area (TPSA) is 35.5 Å².